The summed E-state index contributed by atoms with van der Waals surface area (Å²) in [5, 5.41) is 11.1. The monoisotopic (exact) mass is 339 g/mol. The van der Waals surface area contributed by atoms with Crippen LogP contribution in [0.2, 0.25) is 0 Å². The highest BCUT2D eigenvalue weighted by Gasteiger charge is 2.17. The van der Waals surface area contributed by atoms with Gasteiger partial charge in [0, 0.05) is 32.7 Å². The standard InChI is InChI=1S/C18H21N5O2/c1-14-4-2-3-5-15(14)12-19-18(25)16-6-7-17(21-20-16)23-10-8-22(13-24)9-11-23/h2-7,13H,8-12H2,1H3,(H,19,25). The SMILES string of the molecule is Cc1ccccc1CNC(=O)c1ccc(N2CCN(C=O)CC2)nn1. The highest BCUT2D eigenvalue weighted by atomic mass is 16.2. The van der Waals surface area contributed by atoms with Crippen molar-refractivity contribution in [1.82, 2.24) is 20.4 Å². The number of carbonyl (C=O) groups excluding carboxylic acids is 2. The van der Waals surface area contributed by atoms with E-state index in [0.717, 1.165) is 23.4 Å². The first-order valence-corrected chi connectivity index (χ1v) is 8.28. The minimum atomic E-state index is -0.243. The maximum atomic E-state index is 12.2. The quantitative estimate of drug-likeness (QED) is 0.822. The van der Waals surface area contributed by atoms with Crippen LogP contribution in [0.1, 0.15) is 21.6 Å². The summed E-state index contributed by atoms with van der Waals surface area (Å²) in [5.74, 6) is 0.481. The first-order chi connectivity index (χ1) is 12.2. The van der Waals surface area contributed by atoms with Gasteiger partial charge in [0.2, 0.25) is 6.41 Å². The summed E-state index contributed by atoms with van der Waals surface area (Å²) in [6.07, 6.45) is 0.866. The second-order valence-corrected chi connectivity index (χ2v) is 6.01. The maximum Gasteiger partial charge on any atom is 0.272 e. The van der Waals surface area contributed by atoms with E-state index in [4.69, 9.17) is 0 Å². The number of benzene rings is 1. The molecule has 130 valence electrons. The number of nitrogens with one attached hydrogen (secondary N) is 1. The molecule has 0 aliphatic carbocycles. The lowest BCUT2D eigenvalue weighted by molar-refractivity contribution is -0.118. The van der Waals surface area contributed by atoms with Crippen molar-refractivity contribution >= 4 is 18.1 Å². The van der Waals surface area contributed by atoms with Crippen molar-refractivity contribution in [1.29, 1.82) is 0 Å². The normalized spacial score (nSPS) is 14.3. The van der Waals surface area contributed by atoms with Crippen LogP contribution >= 0.6 is 0 Å². The highest BCUT2D eigenvalue weighted by Crippen LogP contribution is 2.12. The van der Waals surface area contributed by atoms with E-state index in [1.54, 1.807) is 17.0 Å². The van der Waals surface area contributed by atoms with Gasteiger partial charge in [0.15, 0.2) is 11.5 Å². The number of nitrogens with zero attached hydrogens (tertiary/aromatic N) is 4. The zero-order chi connectivity index (χ0) is 17.6. The molecule has 0 saturated carbocycles. The molecular formula is C18H21N5O2. The van der Waals surface area contributed by atoms with E-state index in [-0.39, 0.29) is 5.91 Å². The predicted molar refractivity (Wildman–Crippen MR) is 94.2 cm³/mol. The zero-order valence-corrected chi connectivity index (χ0v) is 14.2. The molecule has 7 heteroatoms. The average molecular weight is 339 g/mol. The third-order valence-corrected chi connectivity index (χ3v) is 4.37. The van der Waals surface area contributed by atoms with Crippen molar-refractivity contribution in [2.75, 3.05) is 31.1 Å². The van der Waals surface area contributed by atoms with Crippen LogP contribution < -0.4 is 10.2 Å². The lowest BCUT2D eigenvalue weighted by Gasteiger charge is -2.32. The number of piperazine rings is 1. The zero-order valence-electron chi connectivity index (χ0n) is 14.2. The summed E-state index contributed by atoms with van der Waals surface area (Å²) in [6, 6.07) is 11.4. The number of anilines is 1. The van der Waals surface area contributed by atoms with Gasteiger partial charge in [-0.15, -0.1) is 10.2 Å². The van der Waals surface area contributed by atoms with Gasteiger partial charge in [0.05, 0.1) is 0 Å². The van der Waals surface area contributed by atoms with Crippen LogP contribution in [-0.4, -0.2) is 53.6 Å². The number of amides is 2. The number of aromatic nitrogens is 2. The van der Waals surface area contributed by atoms with Crippen molar-refractivity contribution in [3.05, 3.63) is 53.2 Å². The fourth-order valence-corrected chi connectivity index (χ4v) is 2.75. The Morgan fingerprint density at radius 2 is 1.88 bits per heavy atom. The summed E-state index contributed by atoms with van der Waals surface area (Å²) < 4.78 is 0. The molecule has 1 saturated heterocycles. The van der Waals surface area contributed by atoms with Crippen molar-refractivity contribution in [2.24, 2.45) is 0 Å². The van der Waals surface area contributed by atoms with Gasteiger partial charge in [-0.05, 0) is 30.2 Å². The Hall–Kier alpha value is -2.96. The number of hydrogen-bond acceptors (Lipinski definition) is 5. The first-order valence-electron chi connectivity index (χ1n) is 8.28. The molecule has 3 rings (SSSR count). The fourth-order valence-electron chi connectivity index (χ4n) is 2.75. The van der Waals surface area contributed by atoms with Crippen LogP contribution in [0.5, 0.6) is 0 Å². The van der Waals surface area contributed by atoms with Crippen LogP contribution in [0.3, 0.4) is 0 Å². The number of rotatable bonds is 5. The minimum Gasteiger partial charge on any atom is -0.352 e. The van der Waals surface area contributed by atoms with Crippen molar-refractivity contribution in [3.8, 4) is 0 Å². The molecule has 2 aromatic rings. The first kappa shape index (κ1) is 16.9. The Kier molecular flexibility index (Phi) is 5.23. The van der Waals surface area contributed by atoms with Crippen LogP contribution in [-0.2, 0) is 11.3 Å². The van der Waals surface area contributed by atoms with Gasteiger partial charge in [-0.2, -0.15) is 0 Å². The molecule has 7 nitrogen and oxygen atoms in total. The molecule has 1 aliphatic heterocycles. The third-order valence-electron chi connectivity index (χ3n) is 4.37. The van der Waals surface area contributed by atoms with E-state index in [9.17, 15) is 9.59 Å². The molecule has 2 amide bonds. The Balaban J connectivity index is 1.57. The van der Waals surface area contributed by atoms with Crippen LogP contribution in [0.4, 0.5) is 5.82 Å². The topological polar surface area (TPSA) is 78.4 Å². The lowest BCUT2D eigenvalue weighted by Crippen LogP contribution is -2.46. The molecule has 0 spiro atoms. The molecular weight excluding hydrogens is 318 g/mol. The fraction of sp³-hybridized carbons (Fsp3) is 0.333. The molecule has 1 aliphatic rings. The Bertz CT molecular complexity index is 739. The molecule has 1 fully saturated rings. The molecule has 0 bridgehead atoms. The number of aryl methyl sites for hydroxylation is 1. The summed E-state index contributed by atoms with van der Waals surface area (Å²) in [4.78, 5) is 26.8. The summed E-state index contributed by atoms with van der Waals surface area (Å²) in [5.41, 5.74) is 2.51. The molecule has 1 N–H and O–H groups in total. The van der Waals surface area contributed by atoms with E-state index in [1.807, 2.05) is 31.2 Å². The van der Waals surface area contributed by atoms with Crippen molar-refractivity contribution in [3.63, 3.8) is 0 Å². The third kappa shape index (κ3) is 4.12. The van der Waals surface area contributed by atoms with E-state index in [0.29, 0.717) is 38.4 Å². The average Bonchev–Trinajstić information content (AvgIpc) is 2.67. The predicted octanol–water partition coefficient (Wildman–Crippen LogP) is 0.993. The second kappa shape index (κ2) is 7.74. The number of carbonyl (C=O) groups is 2. The molecule has 0 unspecified atom stereocenters. The van der Waals surface area contributed by atoms with Crippen LogP contribution in [0, 0.1) is 6.92 Å². The Morgan fingerprint density at radius 3 is 2.52 bits per heavy atom. The molecule has 2 heterocycles. The van der Waals surface area contributed by atoms with Gasteiger partial charge in [-0.25, -0.2) is 0 Å². The second-order valence-electron chi connectivity index (χ2n) is 6.01. The van der Waals surface area contributed by atoms with Gasteiger partial charge in [0.25, 0.3) is 5.91 Å². The van der Waals surface area contributed by atoms with Gasteiger partial charge in [0.1, 0.15) is 0 Å². The van der Waals surface area contributed by atoms with Gasteiger partial charge in [-0.1, -0.05) is 24.3 Å². The minimum absolute atomic E-state index is 0.243. The van der Waals surface area contributed by atoms with Gasteiger partial charge < -0.3 is 15.1 Å². The summed E-state index contributed by atoms with van der Waals surface area (Å²) in [6.45, 7) is 5.25. The molecule has 1 aromatic carbocycles. The largest absolute Gasteiger partial charge is 0.352 e. The van der Waals surface area contributed by atoms with E-state index < -0.39 is 0 Å². The van der Waals surface area contributed by atoms with Crippen molar-refractivity contribution in [2.45, 2.75) is 13.5 Å². The van der Waals surface area contributed by atoms with Gasteiger partial charge >= 0.3 is 0 Å². The molecule has 25 heavy (non-hydrogen) atoms. The summed E-state index contributed by atoms with van der Waals surface area (Å²) in [7, 11) is 0. The van der Waals surface area contributed by atoms with E-state index in [2.05, 4.69) is 20.4 Å². The van der Waals surface area contributed by atoms with E-state index >= 15 is 0 Å². The lowest BCUT2D eigenvalue weighted by atomic mass is 10.1. The number of hydrogen-bond donors (Lipinski definition) is 1. The van der Waals surface area contributed by atoms with Crippen LogP contribution in [0.15, 0.2) is 36.4 Å². The Morgan fingerprint density at radius 1 is 1.12 bits per heavy atom. The molecule has 0 radical (unpaired) electrons. The summed E-state index contributed by atoms with van der Waals surface area (Å²) >= 11 is 0. The Labute approximate surface area is 146 Å². The van der Waals surface area contributed by atoms with Gasteiger partial charge in [-0.3, -0.25) is 9.59 Å². The van der Waals surface area contributed by atoms with E-state index in [1.165, 1.54) is 0 Å². The molecule has 0 atom stereocenters. The van der Waals surface area contributed by atoms with Crippen molar-refractivity contribution < 1.29 is 9.59 Å². The smallest absolute Gasteiger partial charge is 0.272 e. The maximum absolute atomic E-state index is 12.2. The van der Waals surface area contributed by atoms with Crippen LogP contribution in [0.25, 0.3) is 0 Å². The molecule has 1 aromatic heterocycles. The highest BCUT2D eigenvalue weighted by molar-refractivity contribution is 5.92.